The highest BCUT2D eigenvalue weighted by molar-refractivity contribution is 8.00. The average Bonchev–Trinajstić information content (AvgIpc) is 3.47. The Labute approximate surface area is 206 Å². The van der Waals surface area contributed by atoms with Gasteiger partial charge in [-0.25, -0.2) is 9.97 Å². The van der Waals surface area contributed by atoms with Crippen LogP contribution in [0.5, 0.6) is 0 Å². The topological polar surface area (TPSA) is 97.0 Å². The number of aromatic nitrogens is 3. The van der Waals surface area contributed by atoms with E-state index in [1.165, 1.54) is 23.1 Å². The van der Waals surface area contributed by atoms with Gasteiger partial charge in [0.2, 0.25) is 5.91 Å². The van der Waals surface area contributed by atoms with Crippen LogP contribution in [0.15, 0.2) is 71.2 Å². The number of imidazole rings is 1. The van der Waals surface area contributed by atoms with E-state index in [2.05, 4.69) is 15.3 Å². The van der Waals surface area contributed by atoms with Crippen LogP contribution in [-0.4, -0.2) is 38.7 Å². The van der Waals surface area contributed by atoms with Crippen molar-refractivity contribution in [2.75, 3.05) is 11.9 Å². The molecule has 4 rings (SSSR count). The number of esters is 1. The lowest BCUT2D eigenvalue weighted by Gasteiger charge is -2.08. The van der Waals surface area contributed by atoms with Crippen LogP contribution in [-0.2, 0) is 20.7 Å². The molecule has 0 spiro atoms. The normalized spacial score (nSPS) is 11.7. The van der Waals surface area contributed by atoms with Gasteiger partial charge in [-0.15, -0.1) is 11.3 Å². The number of rotatable bonds is 9. The fraction of sp³-hybridized carbons (Fsp3) is 0.200. The summed E-state index contributed by atoms with van der Waals surface area (Å²) in [6.45, 7) is 3.90. The van der Waals surface area contributed by atoms with E-state index in [4.69, 9.17) is 9.72 Å². The van der Waals surface area contributed by atoms with Crippen LogP contribution in [0.3, 0.4) is 0 Å². The molecule has 2 N–H and O–H groups in total. The fourth-order valence-electron chi connectivity index (χ4n) is 3.26. The first-order chi connectivity index (χ1) is 16.5. The molecule has 1 amide bonds. The van der Waals surface area contributed by atoms with Gasteiger partial charge in [0.1, 0.15) is 0 Å². The molecule has 0 aliphatic rings. The molecule has 0 saturated carbocycles. The zero-order valence-corrected chi connectivity index (χ0v) is 20.4. The maximum Gasteiger partial charge on any atom is 0.311 e. The van der Waals surface area contributed by atoms with Gasteiger partial charge in [0.25, 0.3) is 0 Å². The summed E-state index contributed by atoms with van der Waals surface area (Å²) in [5, 5.41) is 5.26. The highest BCUT2D eigenvalue weighted by Crippen LogP contribution is 2.34. The number of amides is 1. The summed E-state index contributed by atoms with van der Waals surface area (Å²) in [5.74, 6) is -0.531. The predicted molar refractivity (Wildman–Crippen MR) is 136 cm³/mol. The number of nitrogens with zero attached hydrogens (tertiary/aromatic N) is 2. The van der Waals surface area contributed by atoms with Gasteiger partial charge in [0.05, 0.1) is 35.4 Å². The van der Waals surface area contributed by atoms with E-state index in [-0.39, 0.29) is 18.3 Å². The minimum atomic E-state index is -0.421. The first-order valence-electron chi connectivity index (χ1n) is 10.8. The number of hydrogen-bond donors (Lipinski definition) is 2. The summed E-state index contributed by atoms with van der Waals surface area (Å²) in [6, 6.07) is 20.0. The van der Waals surface area contributed by atoms with E-state index in [0.717, 1.165) is 22.5 Å². The number of anilines is 1. The number of H-pyrrole nitrogens is 1. The van der Waals surface area contributed by atoms with Crippen molar-refractivity contribution in [1.82, 2.24) is 15.0 Å². The Balaban J connectivity index is 1.47. The number of nitrogens with one attached hydrogen (secondary N) is 2. The van der Waals surface area contributed by atoms with Gasteiger partial charge in [-0.3, -0.25) is 9.59 Å². The molecule has 2 aromatic carbocycles. The summed E-state index contributed by atoms with van der Waals surface area (Å²) in [5.41, 5.74) is 4.34. The third kappa shape index (κ3) is 5.92. The van der Waals surface area contributed by atoms with Crippen LogP contribution in [0, 0.1) is 0 Å². The summed E-state index contributed by atoms with van der Waals surface area (Å²) < 4.78 is 4.94. The molecule has 1 unspecified atom stereocenters. The van der Waals surface area contributed by atoms with Crippen molar-refractivity contribution in [1.29, 1.82) is 0 Å². The van der Waals surface area contributed by atoms with E-state index >= 15 is 0 Å². The molecular formula is C25H24N4O3S2. The van der Waals surface area contributed by atoms with Gasteiger partial charge in [-0.2, -0.15) is 0 Å². The molecule has 0 bridgehead atoms. The van der Waals surface area contributed by atoms with Crippen molar-refractivity contribution in [2.24, 2.45) is 0 Å². The van der Waals surface area contributed by atoms with Crippen LogP contribution >= 0.6 is 23.1 Å². The lowest BCUT2D eigenvalue weighted by Crippen LogP contribution is -2.22. The van der Waals surface area contributed by atoms with Gasteiger partial charge in [0, 0.05) is 16.5 Å². The smallest absolute Gasteiger partial charge is 0.311 e. The minimum Gasteiger partial charge on any atom is -0.466 e. The predicted octanol–water partition coefficient (Wildman–Crippen LogP) is 5.43. The van der Waals surface area contributed by atoms with Gasteiger partial charge in [-0.1, -0.05) is 72.4 Å². The number of carbonyl (C=O) groups excluding carboxylic acids is 2. The fourth-order valence-corrected chi connectivity index (χ4v) is 4.78. The molecule has 34 heavy (non-hydrogen) atoms. The molecule has 0 aliphatic carbocycles. The first-order valence-corrected chi connectivity index (χ1v) is 12.6. The number of aromatic amines is 1. The lowest BCUT2D eigenvalue weighted by molar-refractivity contribution is -0.142. The first kappa shape index (κ1) is 23.7. The summed E-state index contributed by atoms with van der Waals surface area (Å²) in [7, 11) is 0. The van der Waals surface area contributed by atoms with Crippen molar-refractivity contribution >= 4 is 40.1 Å². The van der Waals surface area contributed by atoms with Gasteiger partial charge < -0.3 is 15.0 Å². The molecule has 0 saturated heterocycles. The molecule has 2 heterocycles. The third-order valence-corrected chi connectivity index (χ3v) is 6.65. The SMILES string of the molecule is CCOC(=O)Cc1csc(NC(=O)C(C)Sc2nc(-c3ccccc3)c(-c3ccccc3)[nH]2)n1. The number of thiazole rings is 1. The number of ether oxygens (including phenoxy) is 1. The van der Waals surface area contributed by atoms with Crippen LogP contribution < -0.4 is 5.32 Å². The van der Waals surface area contributed by atoms with Crippen LogP contribution in [0.4, 0.5) is 5.13 Å². The number of hydrogen-bond acceptors (Lipinski definition) is 7. The Bertz CT molecular complexity index is 1200. The molecule has 1 atom stereocenters. The zero-order chi connectivity index (χ0) is 23.9. The van der Waals surface area contributed by atoms with Crippen molar-refractivity contribution in [3.63, 3.8) is 0 Å². The van der Waals surface area contributed by atoms with Crippen molar-refractivity contribution in [3.05, 3.63) is 71.7 Å². The van der Waals surface area contributed by atoms with Crippen LogP contribution in [0.1, 0.15) is 19.5 Å². The average molecular weight is 493 g/mol. The van der Waals surface area contributed by atoms with Crippen molar-refractivity contribution < 1.29 is 14.3 Å². The molecule has 9 heteroatoms. The highest BCUT2D eigenvalue weighted by Gasteiger charge is 2.21. The van der Waals surface area contributed by atoms with Crippen LogP contribution in [0.2, 0.25) is 0 Å². The lowest BCUT2D eigenvalue weighted by atomic mass is 10.1. The van der Waals surface area contributed by atoms with E-state index < -0.39 is 5.25 Å². The van der Waals surface area contributed by atoms with Gasteiger partial charge in [0.15, 0.2) is 10.3 Å². The van der Waals surface area contributed by atoms with Gasteiger partial charge in [-0.05, 0) is 13.8 Å². The minimum absolute atomic E-state index is 0.0848. The molecule has 0 aliphatic heterocycles. The number of benzene rings is 2. The molecule has 0 fully saturated rings. The highest BCUT2D eigenvalue weighted by atomic mass is 32.2. The molecule has 0 radical (unpaired) electrons. The standard InChI is InChI=1S/C25H24N4O3S2/c1-3-32-20(30)14-19-15-33-24(26-19)29-23(31)16(2)34-25-27-21(17-10-6-4-7-11-17)22(28-25)18-12-8-5-9-13-18/h4-13,15-16H,3,14H2,1-2H3,(H,27,28)(H,26,29,31). The molecule has 4 aromatic rings. The van der Waals surface area contributed by atoms with E-state index in [0.29, 0.717) is 22.6 Å². The van der Waals surface area contributed by atoms with Crippen molar-refractivity contribution in [3.8, 4) is 22.5 Å². The zero-order valence-electron chi connectivity index (χ0n) is 18.8. The molecule has 7 nitrogen and oxygen atoms in total. The van der Waals surface area contributed by atoms with E-state index in [9.17, 15) is 9.59 Å². The Hall–Kier alpha value is -3.43. The Morgan fingerprint density at radius 2 is 1.74 bits per heavy atom. The molecule has 174 valence electrons. The number of thioether (sulfide) groups is 1. The summed E-state index contributed by atoms with van der Waals surface area (Å²) in [6.07, 6.45) is 0.0848. The largest absolute Gasteiger partial charge is 0.466 e. The quantitative estimate of drug-likeness (QED) is 0.239. The summed E-state index contributed by atoms with van der Waals surface area (Å²) >= 11 is 2.62. The van der Waals surface area contributed by atoms with E-state index in [1.54, 1.807) is 12.3 Å². The monoisotopic (exact) mass is 492 g/mol. The van der Waals surface area contributed by atoms with Crippen molar-refractivity contribution in [2.45, 2.75) is 30.7 Å². The molecular weight excluding hydrogens is 468 g/mol. The maximum atomic E-state index is 12.8. The van der Waals surface area contributed by atoms with Gasteiger partial charge >= 0.3 is 5.97 Å². The van der Waals surface area contributed by atoms with E-state index in [1.807, 2.05) is 67.6 Å². The number of carbonyl (C=O) groups is 2. The summed E-state index contributed by atoms with van der Waals surface area (Å²) in [4.78, 5) is 36.9. The maximum absolute atomic E-state index is 12.8. The Morgan fingerprint density at radius 1 is 1.06 bits per heavy atom. The second kappa shape index (κ2) is 11.1. The Kier molecular flexibility index (Phi) is 7.76. The second-order valence-corrected chi connectivity index (χ2v) is 9.56. The Morgan fingerprint density at radius 3 is 2.41 bits per heavy atom. The third-order valence-electron chi connectivity index (χ3n) is 4.86. The molecule has 2 aromatic heterocycles. The second-order valence-electron chi connectivity index (χ2n) is 7.37. The van der Waals surface area contributed by atoms with Crippen LogP contribution in [0.25, 0.3) is 22.5 Å².